The number of hydrogen-bond donors (Lipinski definition) is 1. The summed E-state index contributed by atoms with van der Waals surface area (Å²) in [7, 11) is 1.29. The highest BCUT2D eigenvalue weighted by atomic mass is 19.4. The Morgan fingerprint density at radius 3 is 2.64 bits per heavy atom. The highest BCUT2D eigenvalue weighted by Crippen LogP contribution is 2.47. The molecule has 42 heavy (non-hydrogen) atoms. The Labute approximate surface area is 245 Å². The van der Waals surface area contributed by atoms with E-state index in [0.717, 1.165) is 62.4 Å². The lowest BCUT2D eigenvalue weighted by Gasteiger charge is -2.49. The van der Waals surface area contributed by atoms with E-state index in [0.29, 0.717) is 31.6 Å². The minimum Gasteiger partial charge on any atom is -0.496 e. The average molecular weight is 582 g/mol. The van der Waals surface area contributed by atoms with Crippen molar-refractivity contribution in [3.05, 3.63) is 65.5 Å². The fraction of sp³-hybridized carbons (Fsp3) is 0.500. The summed E-state index contributed by atoms with van der Waals surface area (Å²) in [6.07, 6.45) is 1.02. The van der Waals surface area contributed by atoms with Crippen LogP contribution in [0.4, 0.5) is 18.9 Å². The first-order chi connectivity index (χ1) is 20.3. The van der Waals surface area contributed by atoms with Gasteiger partial charge in [-0.3, -0.25) is 9.88 Å². The van der Waals surface area contributed by atoms with Gasteiger partial charge in [-0.25, -0.2) is 4.98 Å². The van der Waals surface area contributed by atoms with Gasteiger partial charge in [-0.1, -0.05) is 12.1 Å². The first kappa shape index (κ1) is 28.7. The van der Waals surface area contributed by atoms with Crippen molar-refractivity contribution in [1.82, 2.24) is 20.2 Å². The van der Waals surface area contributed by atoms with Crippen LogP contribution in [0.5, 0.6) is 11.6 Å². The molecular weight excluding hydrogens is 543 g/mol. The van der Waals surface area contributed by atoms with E-state index in [-0.39, 0.29) is 16.9 Å². The van der Waals surface area contributed by atoms with Gasteiger partial charge in [0.15, 0.2) is 0 Å². The van der Waals surface area contributed by atoms with Gasteiger partial charge in [-0.05, 0) is 75.0 Å². The van der Waals surface area contributed by atoms with Crippen LogP contribution in [0, 0.1) is 0 Å². The lowest BCUT2D eigenvalue weighted by atomic mass is 9.69. The molecule has 0 saturated carbocycles. The van der Waals surface area contributed by atoms with E-state index in [1.54, 1.807) is 18.3 Å². The van der Waals surface area contributed by atoms with Crippen LogP contribution in [-0.4, -0.2) is 67.4 Å². The largest absolute Gasteiger partial charge is 0.496 e. The molecule has 5 heterocycles. The molecule has 0 amide bonds. The second-order valence-corrected chi connectivity index (χ2v) is 11.6. The van der Waals surface area contributed by atoms with Crippen molar-refractivity contribution in [3.63, 3.8) is 0 Å². The third kappa shape index (κ3) is 5.54. The fourth-order valence-corrected chi connectivity index (χ4v) is 7.07. The molecule has 2 fully saturated rings. The first-order valence-corrected chi connectivity index (χ1v) is 14.8. The van der Waals surface area contributed by atoms with Crippen molar-refractivity contribution in [2.24, 2.45) is 0 Å². The summed E-state index contributed by atoms with van der Waals surface area (Å²) in [5.41, 5.74) is 3.23. The molecule has 0 unspecified atom stereocenters. The maximum Gasteiger partial charge on any atom is 0.421 e. The lowest BCUT2D eigenvalue weighted by molar-refractivity contribution is -0.138. The van der Waals surface area contributed by atoms with E-state index in [1.165, 1.54) is 25.2 Å². The molecule has 6 rings (SSSR count). The summed E-state index contributed by atoms with van der Waals surface area (Å²) >= 11 is 0. The number of benzene rings is 1. The van der Waals surface area contributed by atoms with Crippen LogP contribution in [0.15, 0.2) is 48.7 Å². The Kier molecular flexibility index (Phi) is 8.02. The Balaban J connectivity index is 1.33. The highest BCUT2D eigenvalue weighted by Gasteiger charge is 2.45. The molecular formula is C32H38F3N5O2. The number of ether oxygens (including phenoxy) is 2. The second kappa shape index (κ2) is 11.7. The predicted molar refractivity (Wildman–Crippen MR) is 156 cm³/mol. The van der Waals surface area contributed by atoms with Crippen molar-refractivity contribution < 1.29 is 22.6 Å². The minimum atomic E-state index is -4.51. The van der Waals surface area contributed by atoms with Crippen molar-refractivity contribution in [2.45, 2.75) is 56.8 Å². The topological polar surface area (TPSA) is 62.8 Å². The zero-order valence-corrected chi connectivity index (χ0v) is 24.2. The summed E-state index contributed by atoms with van der Waals surface area (Å²) in [6.45, 7) is 7.07. The number of anilines is 1. The molecule has 1 N–H and O–H groups in total. The van der Waals surface area contributed by atoms with Crippen LogP contribution in [0.3, 0.4) is 0 Å². The number of nitrogens with one attached hydrogen (secondary N) is 1. The quantitative estimate of drug-likeness (QED) is 0.386. The van der Waals surface area contributed by atoms with E-state index in [9.17, 15) is 13.2 Å². The number of halogens is 3. The smallest absolute Gasteiger partial charge is 0.421 e. The van der Waals surface area contributed by atoms with Crippen LogP contribution in [0.25, 0.3) is 11.3 Å². The molecule has 2 aromatic heterocycles. The lowest BCUT2D eigenvalue weighted by Crippen LogP contribution is -2.54. The normalized spacial score (nSPS) is 20.5. The highest BCUT2D eigenvalue weighted by molar-refractivity contribution is 5.66. The number of nitrogens with zero attached hydrogens (tertiary/aromatic N) is 4. The third-order valence-electron chi connectivity index (χ3n) is 8.98. The van der Waals surface area contributed by atoms with Crippen LogP contribution < -0.4 is 19.7 Å². The fourth-order valence-electron chi connectivity index (χ4n) is 7.07. The van der Waals surface area contributed by atoms with Gasteiger partial charge < -0.3 is 19.7 Å². The molecule has 0 radical (unpaired) electrons. The molecule has 1 spiro atoms. The van der Waals surface area contributed by atoms with E-state index in [4.69, 9.17) is 14.5 Å². The molecule has 0 bridgehead atoms. The molecule has 3 aliphatic rings. The maximum absolute atomic E-state index is 14.2. The van der Waals surface area contributed by atoms with Gasteiger partial charge in [0, 0.05) is 50.4 Å². The molecule has 224 valence electrons. The number of methoxy groups -OCH3 is 1. The van der Waals surface area contributed by atoms with Gasteiger partial charge in [0.25, 0.3) is 0 Å². The molecule has 3 aromatic rings. The summed E-state index contributed by atoms with van der Waals surface area (Å²) in [4.78, 5) is 14.0. The van der Waals surface area contributed by atoms with Gasteiger partial charge in [0.2, 0.25) is 5.88 Å². The number of rotatable bonds is 7. The summed E-state index contributed by atoms with van der Waals surface area (Å²) in [5.74, 6) is 0.425. The predicted octanol–water partition coefficient (Wildman–Crippen LogP) is 5.68. The van der Waals surface area contributed by atoms with E-state index in [2.05, 4.69) is 21.3 Å². The van der Waals surface area contributed by atoms with E-state index in [1.807, 2.05) is 30.0 Å². The van der Waals surface area contributed by atoms with E-state index < -0.39 is 11.7 Å². The van der Waals surface area contributed by atoms with Gasteiger partial charge >= 0.3 is 6.18 Å². The monoisotopic (exact) mass is 581 g/mol. The molecule has 0 aliphatic carbocycles. The summed E-state index contributed by atoms with van der Waals surface area (Å²) in [5, 5.41) is 3.62. The molecule has 3 aliphatic heterocycles. The van der Waals surface area contributed by atoms with Crippen LogP contribution >= 0.6 is 0 Å². The first-order valence-electron chi connectivity index (χ1n) is 14.8. The molecule has 2 saturated heterocycles. The SMILES string of the molecule is CCOc1ncccc1-c1ccc2c(n1)CN(C[C@H]1CCCN1)CC21CCN(c2cccc(OC)c2C(F)(F)F)CC1. The van der Waals surface area contributed by atoms with Crippen LogP contribution in [0.1, 0.15) is 49.4 Å². The van der Waals surface area contributed by atoms with Gasteiger partial charge in [-0.15, -0.1) is 0 Å². The standard InChI is InChI=1S/C32H38F3N5O2/c1-3-42-30-23(8-6-16-37-30)25-12-11-24-26(38-25)20-39(19-22-7-5-15-36-22)21-31(24)13-17-40(18-14-31)27-9-4-10-28(41-2)29(27)32(33,34)35/h4,6,8-12,16,22,36H,3,5,7,13-15,17-21H2,1-2H3/t22-/m1/s1. The second-order valence-electron chi connectivity index (χ2n) is 11.6. The Morgan fingerprint density at radius 2 is 1.93 bits per heavy atom. The third-order valence-corrected chi connectivity index (χ3v) is 8.98. The minimum absolute atomic E-state index is 0.142. The number of piperidine rings is 1. The van der Waals surface area contributed by atoms with E-state index >= 15 is 0 Å². The van der Waals surface area contributed by atoms with Crippen molar-refractivity contribution in [1.29, 1.82) is 0 Å². The maximum atomic E-state index is 14.2. The zero-order chi connectivity index (χ0) is 29.3. The number of aromatic nitrogens is 2. The Morgan fingerprint density at radius 1 is 1.10 bits per heavy atom. The number of pyridine rings is 2. The summed E-state index contributed by atoms with van der Waals surface area (Å²) in [6, 6.07) is 13.1. The van der Waals surface area contributed by atoms with Crippen LogP contribution in [-0.2, 0) is 18.1 Å². The van der Waals surface area contributed by atoms with Gasteiger partial charge in [-0.2, -0.15) is 13.2 Å². The molecule has 1 atom stereocenters. The van der Waals surface area contributed by atoms with Crippen molar-refractivity contribution in [2.75, 3.05) is 51.3 Å². The number of fused-ring (bicyclic) bond motifs is 2. The molecule has 1 aromatic carbocycles. The molecule has 7 nitrogen and oxygen atoms in total. The average Bonchev–Trinajstić information content (AvgIpc) is 3.50. The summed E-state index contributed by atoms with van der Waals surface area (Å²) < 4.78 is 53.4. The molecule has 10 heteroatoms. The van der Waals surface area contributed by atoms with Gasteiger partial charge in [0.05, 0.1) is 36.4 Å². The Bertz CT molecular complexity index is 1400. The number of alkyl halides is 3. The Hall–Kier alpha value is -3.37. The zero-order valence-electron chi connectivity index (χ0n) is 24.2. The van der Waals surface area contributed by atoms with Gasteiger partial charge in [0.1, 0.15) is 11.3 Å². The van der Waals surface area contributed by atoms with Crippen LogP contribution in [0.2, 0.25) is 0 Å². The van der Waals surface area contributed by atoms with Crippen molar-refractivity contribution in [3.8, 4) is 22.9 Å². The van der Waals surface area contributed by atoms with Crippen molar-refractivity contribution >= 4 is 5.69 Å². The number of hydrogen-bond acceptors (Lipinski definition) is 7.